The molecule has 2 heterocycles. The first-order chi connectivity index (χ1) is 12.9. The van der Waals surface area contributed by atoms with E-state index in [1.54, 1.807) is 14.2 Å². The number of nitrogens with zero attached hydrogens (tertiary/aromatic N) is 3. The predicted molar refractivity (Wildman–Crippen MR) is 115 cm³/mol. The molecular weight excluding hydrogens is 484 g/mol. The Balaban J connectivity index is 0.00000280. The number of rotatable bonds is 4. The Kier molecular flexibility index (Phi) is 8.23. The fourth-order valence-electron chi connectivity index (χ4n) is 3.93. The van der Waals surface area contributed by atoms with Crippen LogP contribution in [0.3, 0.4) is 0 Å². The Morgan fingerprint density at radius 1 is 1.18 bits per heavy atom. The van der Waals surface area contributed by atoms with Crippen molar-refractivity contribution in [3.8, 4) is 5.75 Å². The lowest BCUT2D eigenvalue weighted by Crippen LogP contribution is -2.46. The van der Waals surface area contributed by atoms with E-state index in [0.29, 0.717) is 25.4 Å². The first-order valence-corrected chi connectivity index (χ1v) is 9.29. The van der Waals surface area contributed by atoms with E-state index in [4.69, 9.17) is 4.74 Å². The maximum Gasteiger partial charge on any atom is 0.401 e. The van der Waals surface area contributed by atoms with Crippen molar-refractivity contribution < 1.29 is 17.9 Å². The normalized spacial score (nSPS) is 23.6. The van der Waals surface area contributed by atoms with Gasteiger partial charge in [0.1, 0.15) is 5.75 Å². The zero-order valence-corrected chi connectivity index (χ0v) is 18.5. The lowest BCUT2D eigenvalue weighted by atomic mass is 9.98. The molecule has 28 heavy (non-hydrogen) atoms. The molecule has 0 aromatic heterocycles. The molecule has 2 atom stereocenters. The van der Waals surface area contributed by atoms with Crippen LogP contribution in [0.5, 0.6) is 5.75 Å². The SMILES string of the molecule is CN=C(NC1CCN(CC(F)(F)F)C1)N1CCC(c2ccc(OC)cc2)C1.I. The van der Waals surface area contributed by atoms with Gasteiger partial charge in [-0.15, -0.1) is 24.0 Å². The third-order valence-corrected chi connectivity index (χ3v) is 5.30. The van der Waals surface area contributed by atoms with Gasteiger partial charge >= 0.3 is 6.18 Å². The topological polar surface area (TPSA) is 40.1 Å². The summed E-state index contributed by atoms with van der Waals surface area (Å²) in [6, 6.07) is 8.13. The summed E-state index contributed by atoms with van der Waals surface area (Å²) < 4.78 is 42.9. The summed E-state index contributed by atoms with van der Waals surface area (Å²) in [6.07, 6.45) is -2.42. The van der Waals surface area contributed by atoms with E-state index in [1.807, 2.05) is 12.1 Å². The number of hydrogen-bond donors (Lipinski definition) is 1. The highest BCUT2D eigenvalue weighted by Crippen LogP contribution is 2.28. The van der Waals surface area contributed by atoms with Gasteiger partial charge in [0, 0.05) is 45.2 Å². The second kappa shape index (κ2) is 10.00. The van der Waals surface area contributed by atoms with Crippen LogP contribution >= 0.6 is 24.0 Å². The van der Waals surface area contributed by atoms with Crippen molar-refractivity contribution in [2.75, 3.05) is 46.9 Å². The Hall–Kier alpha value is -1.23. The summed E-state index contributed by atoms with van der Waals surface area (Å²) in [5.74, 6) is 2.04. The first kappa shape index (κ1) is 23.1. The number of likely N-dealkylation sites (tertiary alicyclic amines) is 2. The van der Waals surface area contributed by atoms with E-state index in [-0.39, 0.29) is 30.0 Å². The van der Waals surface area contributed by atoms with Crippen LogP contribution in [0.25, 0.3) is 0 Å². The summed E-state index contributed by atoms with van der Waals surface area (Å²) in [5, 5.41) is 3.36. The van der Waals surface area contributed by atoms with Gasteiger partial charge in [-0.3, -0.25) is 9.89 Å². The van der Waals surface area contributed by atoms with Crippen LogP contribution in [0.2, 0.25) is 0 Å². The molecule has 2 unspecified atom stereocenters. The summed E-state index contributed by atoms with van der Waals surface area (Å²) in [7, 11) is 3.38. The van der Waals surface area contributed by atoms with Crippen molar-refractivity contribution in [1.82, 2.24) is 15.1 Å². The standard InChI is InChI=1S/C19H27F3N4O.HI/c1-23-18(24-16-8-9-25(12-16)13-19(20,21)22)26-10-7-15(11-26)14-3-5-17(27-2)6-4-14;/h3-6,15-16H,7-13H2,1-2H3,(H,23,24);1H. The van der Waals surface area contributed by atoms with Crippen molar-refractivity contribution in [2.24, 2.45) is 4.99 Å². The molecule has 9 heteroatoms. The molecule has 0 amide bonds. The molecule has 2 saturated heterocycles. The van der Waals surface area contributed by atoms with Gasteiger partial charge < -0.3 is 15.0 Å². The summed E-state index contributed by atoms with van der Waals surface area (Å²) >= 11 is 0. The number of ether oxygens (including phenoxy) is 1. The summed E-state index contributed by atoms with van der Waals surface area (Å²) in [6.45, 7) is 1.75. The zero-order valence-electron chi connectivity index (χ0n) is 16.2. The number of benzene rings is 1. The zero-order chi connectivity index (χ0) is 19.4. The Labute approximate surface area is 181 Å². The molecule has 0 bridgehead atoms. The molecule has 2 aliphatic heterocycles. The third-order valence-electron chi connectivity index (χ3n) is 5.30. The van der Waals surface area contributed by atoms with E-state index >= 15 is 0 Å². The van der Waals surface area contributed by atoms with Gasteiger partial charge in [0.15, 0.2) is 5.96 Å². The van der Waals surface area contributed by atoms with Gasteiger partial charge in [-0.1, -0.05) is 12.1 Å². The number of nitrogens with one attached hydrogen (secondary N) is 1. The fourth-order valence-corrected chi connectivity index (χ4v) is 3.93. The molecule has 2 aliphatic rings. The Morgan fingerprint density at radius 2 is 1.89 bits per heavy atom. The number of alkyl halides is 3. The molecule has 158 valence electrons. The maximum absolute atomic E-state index is 12.6. The second-order valence-corrected chi connectivity index (χ2v) is 7.23. The monoisotopic (exact) mass is 512 g/mol. The van der Waals surface area contributed by atoms with Crippen LogP contribution in [0.1, 0.15) is 24.3 Å². The minimum absolute atomic E-state index is 0. The maximum atomic E-state index is 12.6. The number of halogens is 4. The van der Waals surface area contributed by atoms with Gasteiger partial charge in [0.2, 0.25) is 0 Å². The lowest BCUT2D eigenvalue weighted by molar-refractivity contribution is -0.143. The van der Waals surface area contributed by atoms with Crippen molar-refractivity contribution in [2.45, 2.75) is 31.0 Å². The average Bonchev–Trinajstić information content (AvgIpc) is 3.28. The minimum atomic E-state index is -4.14. The molecule has 3 rings (SSSR count). The van der Waals surface area contributed by atoms with Crippen LogP contribution in [0.4, 0.5) is 13.2 Å². The number of aliphatic imine (C=N–C) groups is 1. The average molecular weight is 512 g/mol. The smallest absolute Gasteiger partial charge is 0.401 e. The molecule has 0 spiro atoms. The molecule has 0 radical (unpaired) electrons. The first-order valence-electron chi connectivity index (χ1n) is 9.29. The molecular formula is C19H28F3IN4O. The lowest BCUT2D eigenvalue weighted by Gasteiger charge is -2.25. The van der Waals surface area contributed by atoms with Gasteiger partial charge in [-0.2, -0.15) is 13.2 Å². The quantitative estimate of drug-likeness (QED) is 0.382. The summed E-state index contributed by atoms with van der Waals surface area (Å²) in [4.78, 5) is 8.01. The largest absolute Gasteiger partial charge is 0.497 e. The van der Waals surface area contributed by atoms with Gasteiger partial charge in [0.05, 0.1) is 13.7 Å². The van der Waals surface area contributed by atoms with E-state index in [1.165, 1.54) is 10.5 Å². The van der Waals surface area contributed by atoms with Crippen LogP contribution < -0.4 is 10.1 Å². The van der Waals surface area contributed by atoms with E-state index in [0.717, 1.165) is 31.2 Å². The van der Waals surface area contributed by atoms with E-state index in [9.17, 15) is 13.2 Å². The summed E-state index contributed by atoms with van der Waals surface area (Å²) in [5.41, 5.74) is 1.27. The molecule has 5 nitrogen and oxygen atoms in total. The molecule has 0 saturated carbocycles. The Morgan fingerprint density at radius 3 is 2.50 bits per heavy atom. The van der Waals surface area contributed by atoms with Crippen LogP contribution in [0.15, 0.2) is 29.3 Å². The predicted octanol–water partition coefficient (Wildman–Crippen LogP) is 3.31. The molecule has 0 aliphatic carbocycles. The molecule has 1 aromatic carbocycles. The van der Waals surface area contributed by atoms with Crippen molar-refractivity contribution in [3.63, 3.8) is 0 Å². The van der Waals surface area contributed by atoms with Crippen molar-refractivity contribution >= 4 is 29.9 Å². The highest BCUT2D eigenvalue weighted by atomic mass is 127. The van der Waals surface area contributed by atoms with Crippen LogP contribution in [-0.2, 0) is 0 Å². The third kappa shape index (κ3) is 6.13. The van der Waals surface area contributed by atoms with Gasteiger partial charge in [0.25, 0.3) is 0 Å². The molecule has 1 aromatic rings. The van der Waals surface area contributed by atoms with E-state index in [2.05, 4.69) is 27.3 Å². The molecule has 2 fully saturated rings. The number of methoxy groups -OCH3 is 1. The van der Waals surface area contributed by atoms with Crippen LogP contribution in [-0.4, -0.2) is 74.9 Å². The van der Waals surface area contributed by atoms with E-state index < -0.39 is 12.7 Å². The Bertz CT molecular complexity index is 654. The van der Waals surface area contributed by atoms with Crippen LogP contribution in [0, 0.1) is 0 Å². The highest BCUT2D eigenvalue weighted by molar-refractivity contribution is 14.0. The fraction of sp³-hybridized carbons (Fsp3) is 0.632. The second-order valence-electron chi connectivity index (χ2n) is 7.23. The van der Waals surface area contributed by atoms with Gasteiger partial charge in [-0.05, 0) is 30.5 Å². The van der Waals surface area contributed by atoms with Crippen molar-refractivity contribution in [1.29, 1.82) is 0 Å². The molecule has 1 N–H and O–H groups in total. The van der Waals surface area contributed by atoms with Crippen molar-refractivity contribution in [3.05, 3.63) is 29.8 Å². The minimum Gasteiger partial charge on any atom is -0.497 e. The highest BCUT2D eigenvalue weighted by Gasteiger charge is 2.35. The van der Waals surface area contributed by atoms with Gasteiger partial charge in [-0.25, -0.2) is 0 Å². The number of hydrogen-bond acceptors (Lipinski definition) is 3. The number of guanidine groups is 1.